The highest BCUT2D eigenvalue weighted by molar-refractivity contribution is 9.10. The Balaban J connectivity index is 2.17. The maximum atomic E-state index is 13.0. The lowest BCUT2D eigenvalue weighted by Crippen LogP contribution is -2.23. The lowest BCUT2D eigenvalue weighted by molar-refractivity contribution is 0.483. The first-order chi connectivity index (χ1) is 9.42. The summed E-state index contributed by atoms with van der Waals surface area (Å²) < 4.78 is 44.8. The fourth-order valence-electron chi connectivity index (χ4n) is 1.58. The Morgan fingerprint density at radius 3 is 2.70 bits per heavy atom. The molecule has 0 saturated carbocycles. The number of rotatable bonds is 5. The van der Waals surface area contributed by atoms with Crippen molar-refractivity contribution >= 4 is 26.0 Å². The van der Waals surface area contributed by atoms with Crippen molar-refractivity contribution in [3.8, 4) is 0 Å². The van der Waals surface area contributed by atoms with E-state index >= 15 is 0 Å². The van der Waals surface area contributed by atoms with E-state index in [0.717, 1.165) is 0 Å². The Morgan fingerprint density at radius 1 is 1.35 bits per heavy atom. The van der Waals surface area contributed by atoms with Crippen LogP contribution < -0.4 is 10.5 Å². The monoisotopic (exact) mass is 362 g/mol. The molecule has 2 aromatic rings. The van der Waals surface area contributed by atoms with Gasteiger partial charge < -0.3 is 10.2 Å². The number of hydrogen-bond acceptors (Lipinski definition) is 4. The summed E-state index contributed by atoms with van der Waals surface area (Å²) in [5.74, 6) is -0.0698. The molecule has 8 heteroatoms. The fraction of sp³-hybridized carbons (Fsp3) is 0.167. The number of benzene rings is 1. The van der Waals surface area contributed by atoms with Gasteiger partial charge in [0.05, 0.1) is 6.54 Å². The third-order valence-electron chi connectivity index (χ3n) is 2.55. The van der Waals surface area contributed by atoms with Crippen molar-refractivity contribution in [1.82, 2.24) is 4.72 Å². The van der Waals surface area contributed by atoms with E-state index < -0.39 is 15.8 Å². The Labute approximate surface area is 124 Å². The molecule has 0 amide bonds. The minimum absolute atomic E-state index is 0.0182. The molecule has 0 aliphatic carbocycles. The molecule has 0 unspecified atom stereocenters. The smallest absolute Gasteiger partial charge is 0.245 e. The average molecular weight is 363 g/mol. The van der Waals surface area contributed by atoms with E-state index in [0.29, 0.717) is 11.3 Å². The summed E-state index contributed by atoms with van der Waals surface area (Å²) in [6.45, 7) is 0.0771. The van der Waals surface area contributed by atoms with Crippen LogP contribution in [-0.2, 0) is 23.1 Å². The van der Waals surface area contributed by atoms with E-state index in [9.17, 15) is 12.8 Å². The van der Waals surface area contributed by atoms with Gasteiger partial charge in [-0.25, -0.2) is 17.5 Å². The molecule has 2 rings (SSSR count). The summed E-state index contributed by atoms with van der Waals surface area (Å²) in [5, 5.41) is 0. The zero-order valence-electron chi connectivity index (χ0n) is 10.3. The van der Waals surface area contributed by atoms with Crippen LogP contribution in [0.5, 0.6) is 0 Å². The molecule has 20 heavy (non-hydrogen) atoms. The standard InChI is InChI=1S/C12H12BrFN2O3S/c13-12-11(5-10(6-15)19-12)20(17,18)16-7-8-2-1-3-9(14)4-8/h1-5,16H,6-7,15H2. The molecule has 108 valence electrons. The molecule has 0 fully saturated rings. The molecule has 1 aromatic heterocycles. The predicted molar refractivity (Wildman–Crippen MR) is 74.7 cm³/mol. The minimum Gasteiger partial charge on any atom is -0.452 e. The van der Waals surface area contributed by atoms with Gasteiger partial charge in [-0.15, -0.1) is 0 Å². The molecule has 0 spiro atoms. The summed E-state index contributed by atoms with van der Waals surface area (Å²) >= 11 is 3.03. The van der Waals surface area contributed by atoms with Crippen LogP contribution in [0.3, 0.4) is 0 Å². The summed E-state index contributed by atoms with van der Waals surface area (Å²) in [7, 11) is -3.76. The van der Waals surface area contributed by atoms with Crippen LogP contribution in [0.4, 0.5) is 4.39 Å². The van der Waals surface area contributed by atoms with E-state index in [4.69, 9.17) is 10.2 Å². The van der Waals surface area contributed by atoms with Crippen molar-refractivity contribution in [2.24, 2.45) is 5.73 Å². The number of furan rings is 1. The maximum Gasteiger partial charge on any atom is 0.245 e. The highest BCUT2D eigenvalue weighted by Gasteiger charge is 2.21. The van der Waals surface area contributed by atoms with Gasteiger partial charge >= 0.3 is 0 Å². The van der Waals surface area contributed by atoms with Crippen LogP contribution in [0, 0.1) is 5.82 Å². The zero-order chi connectivity index (χ0) is 14.8. The van der Waals surface area contributed by atoms with Crippen molar-refractivity contribution in [2.45, 2.75) is 18.0 Å². The largest absolute Gasteiger partial charge is 0.452 e. The molecule has 0 atom stereocenters. The molecule has 0 aliphatic heterocycles. The molecular formula is C12H12BrFN2O3S. The third kappa shape index (κ3) is 3.45. The highest BCUT2D eigenvalue weighted by atomic mass is 79.9. The van der Waals surface area contributed by atoms with Crippen molar-refractivity contribution in [1.29, 1.82) is 0 Å². The van der Waals surface area contributed by atoms with Crippen LogP contribution in [0.15, 0.2) is 44.3 Å². The van der Waals surface area contributed by atoms with Gasteiger partial charge in [-0.2, -0.15) is 0 Å². The van der Waals surface area contributed by atoms with Crippen LogP contribution in [0.25, 0.3) is 0 Å². The summed E-state index contributed by atoms with van der Waals surface area (Å²) in [6.07, 6.45) is 0. The van der Waals surface area contributed by atoms with Crippen molar-refractivity contribution in [3.05, 3.63) is 52.1 Å². The number of hydrogen-bond donors (Lipinski definition) is 2. The second-order valence-corrected chi connectivity index (χ2v) is 6.46. The molecule has 0 aliphatic rings. The fourth-order valence-corrected chi connectivity index (χ4v) is 3.60. The molecular weight excluding hydrogens is 351 g/mol. The zero-order valence-corrected chi connectivity index (χ0v) is 12.7. The molecule has 0 saturated heterocycles. The molecule has 5 nitrogen and oxygen atoms in total. The van der Waals surface area contributed by atoms with Gasteiger partial charge in [0, 0.05) is 12.6 Å². The van der Waals surface area contributed by atoms with E-state index in [1.807, 2.05) is 0 Å². The minimum atomic E-state index is -3.76. The topological polar surface area (TPSA) is 85.3 Å². The van der Waals surface area contributed by atoms with Crippen molar-refractivity contribution < 1.29 is 17.2 Å². The van der Waals surface area contributed by atoms with Crippen LogP contribution in [0.2, 0.25) is 0 Å². The SMILES string of the molecule is NCc1cc(S(=O)(=O)NCc2cccc(F)c2)c(Br)o1. The molecule has 3 N–H and O–H groups in total. The number of nitrogens with two attached hydrogens (primary N) is 1. The Bertz CT molecular complexity index is 715. The highest BCUT2D eigenvalue weighted by Crippen LogP contribution is 2.25. The van der Waals surface area contributed by atoms with Crippen LogP contribution >= 0.6 is 15.9 Å². The summed E-state index contributed by atoms with van der Waals surface area (Å²) in [5.41, 5.74) is 5.91. The van der Waals surface area contributed by atoms with Gasteiger partial charge in [-0.3, -0.25) is 0 Å². The van der Waals surface area contributed by atoms with Crippen LogP contribution in [-0.4, -0.2) is 8.42 Å². The predicted octanol–water partition coefficient (Wildman–Crippen LogP) is 2.12. The Kier molecular flexibility index (Phi) is 4.59. The lowest BCUT2D eigenvalue weighted by atomic mass is 10.2. The quantitative estimate of drug-likeness (QED) is 0.852. The normalized spacial score (nSPS) is 11.8. The van der Waals surface area contributed by atoms with E-state index in [2.05, 4.69) is 20.7 Å². The molecule has 0 radical (unpaired) electrons. The van der Waals surface area contributed by atoms with Crippen LogP contribution in [0.1, 0.15) is 11.3 Å². The maximum absolute atomic E-state index is 13.0. The van der Waals surface area contributed by atoms with E-state index in [1.165, 1.54) is 24.3 Å². The van der Waals surface area contributed by atoms with Gasteiger partial charge in [-0.05, 0) is 33.6 Å². The first kappa shape index (κ1) is 15.2. The van der Waals surface area contributed by atoms with Gasteiger partial charge in [0.2, 0.25) is 10.0 Å². The molecule has 1 aromatic carbocycles. The Morgan fingerprint density at radius 2 is 2.10 bits per heavy atom. The number of sulfonamides is 1. The number of halogens is 2. The number of nitrogens with one attached hydrogen (secondary N) is 1. The molecule has 1 heterocycles. The first-order valence-electron chi connectivity index (χ1n) is 5.65. The van der Waals surface area contributed by atoms with Gasteiger partial charge in [0.15, 0.2) is 4.67 Å². The van der Waals surface area contributed by atoms with Crippen molar-refractivity contribution in [2.75, 3.05) is 0 Å². The van der Waals surface area contributed by atoms with Crippen molar-refractivity contribution in [3.63, 3.8) is 0 Å². The second kappa shape index (κ2) is 6.04. The summed E-state index contributed by atoms with van der Waals surface area (Å²) in [6, 6.07) is 7.04. The van der Waals surface area contributed by atoms with Gasteiger partial charge in [-0.1, -0.05) is 12.1 Å². The average Bonchev–Trinajstić information content (AvgIpc) is 2.79. The van der Waals surface area contributed by atoms with Gasteiger partial charge in [0.25, 0.3) is 0 Å². The first-order valence-corrected chi connectivity index (χ1v) is 7.92. The second-order valence-electron chi connectivity index (χ2n) is 4.01. The lowest BCUT2D eigenvalue weighted by Gasteiger charge is -2.05. The Hall–Kier alpha value is -1.22. The van der Waals surface area contributed by atoms with E-state index in [1.54, 1.807) is 6.07 Å². The summed E-state index contributed by atoms with van der Waals surface area (Å²) in [4.78, 5) is -0.0330. The molecule has 0 bridgehead atoms. The third-order valence-corrected chi connectivity index (χ3v) is 4.81. The van der Waals surface area contributed by atoms with Gasteiger partial charge in [0.1, 0.15) is 16.5 Å². The van der Waals surface area contributed by atoms with E-state index in [-0.39, 0.29) is 22.7 Å².